The molecule has 0 radical (unpaired) electrons. The van der Waals surface area contributed by atoms with E-state index in [2.05, 4.69) is 29.3 Å². The molecule has 1 aromatic carbocycles. The molecule has 1 N–H and O–H groups in total. The van der Waals surface area contributed by atoms with Crippen molar-refractivity contribution in [3.05, 3.63) is 35.9 Å². The van der Waals surface area contributed by atoms with Gasteiger partial charge in [0.05, 0.1) is 13.1 Å². The summed E-state index contributed by atoms with van der Waals surface area (Å²) in [5.41, 5.74) is 0.861. The van der Waals surface area contributed by atoms with E-state index in [4.69, 9.17) is 4.74 Å². The van der Waals surface area contributed by atoms with Gasteiger partial charge in [0.1, 0.15) is 5.60 Å². The Labute approximate surface area is 160 Å². The SMILES string of the molecule is CC(CN1CC2(CCN(CC(=O)NC3CC3)CC2)OC1=O)c1ccccc1. The Bertz CT molecular complexity index is 681. The van der Waals surface area contributed by atoms with Gasteiger partial charge >= 0.3 is 6.09 Å². The minimum absolute atomic E-state index is 0.121. The Balaban J connectivity index is 1.28. The summed E-state index contributed by atoms with van der Waals surface area (Å²) in [7, 11) is 0. The molecule has 146 valence electrons. The van der Waals surface area contributed by atoms with E-state index in [-0.39, 0.29) is 23.5 Å². The summed E-state index contributed by atoms with van der Waals surface area (Å²) in [5, 5.41) is 3.04. The van der Waals surface area contributed by atoms with Crippen LogP contribution in [0.3, 0.4) is 0 Å². The van der Waals surface area contributed by atoms with E-state index in [0.717, 1.165) is 38.8 Å². The van der Waals surface area contributed by atoms with Crippen molar-refractivity contribution in [3.8, 4) is 0 Å². The highest BCUT2D eigenvalue weighted by molar-refractivity contribution is 5.78. The van der Waals surface area contributed by atoms with E-state index in [1.807, 2.05) is 23.1 Å². The van der Waals surface area contributed by atoms with Crippen LogP contribution in [0, 0.1) is 0 Å². The number of piperidine rings is 1. The molecule has 0 bridgehead atoms. The molecule has 1 spiro atoms. The second-order valence-corrected chi connectivity index (χ2v) is 8.36. The Morgan fingerprint density at radius 1 is 1.26 bits per heavy atom. The minimum atomic E-state index is -0.378. The molecule has 3 fully saturated rings. The fraction of sp³-hybridized carbons (Fsp3) is 0.619. The molecule has 2 aliphatic heterocycles. The molecule has 3 aliphatic rings. The van der Waals surface area contributed by atoms with Gasteiger partial charge in [0.2, 0.25) is 5.91 Å². The van der Waals surface area contributed by atoms with Crippen LogP contribution in [-0.2, 0) is 9.53 Å². The van der Waals surface area contributed by atoms with Gasteiger partial charge in [0, 0.05) is 38.5 Å². The van der Waals surface area contributed by atoms with Gasteiger partial charge in [-0.15, -0.1) is 0 Å². The third-order valence-electron chi connectivity index (χ3n) is 5.98. The predicted molar refractivity (Wildman–Crippen MR) is 102 cm³/mol. The van der Waals surface area contributed by atoms with Crippen LogP contribution in [0.4, 0.5) is 4.79 Å². The third kappa shape index (κ3) is 4.43. The van der Waals surface area contributed by atoms with Crippen LogP contribution in [0.25, 0.3) is 0 Å². The average Bonchev–Trinajstić information content (AvgIpc) is 3.42. The second kappa shape index (κ2) is 7.50. The van der Waals surface area contributed by atoms with E-state index < -0.39 is 0 Å². The highest BCUT2D eigenvalue weighted by atomic mass is 16.6. The number of carbonyl (C=O) groups is 2. The lowest BCUT2D eigenvalue weighted by Crippen LogP contribution is -2.49. The van der Waals surface area contributed by atoms with Crippen LogP contribution in [0.15, 0.2) is 30.3 Å². The Morgan fingerprint density at radius 2 is 1.96 bits per heavy atom. The van der Waals surface area contributed by atoms with Crippen LogP contribution in [-0.4, -0.2) is 66.2 Å². The molecular formula is C21H29N3O3. The molecule has 27 heavy (non-hydrogen) atoms. The highest BCUT2D eigenvalue weighted by Crippen LogP contribution is 2.34. The minimum Gasteiger partial charge on any atom is -0.441 e. The lowest BCUT2D eigenvalue weighted by molar-refractivity contribution is -0.123. The predicted octanol–water partition coefficient (Wildman–Crippen LogP) is 2.36. The normalized spacial score (nSPS) is 23.3. The van der Waals surface area contributed by atoms with Gasteiger partial charge in [-0.05, 0) is 24.3 Å². The molecule has 6 nitrogen and oxygen atoms in total. The van der Waals surface area contributed by atoms with Crippen molar-refractivity contribution in [2.45, 2.75) is 50.2 Å². The number of rotatable bonds is 6. The summed E-state index contributed by atoms with van der Waals surface area (Å²) in [4.78, 5) is 28.4. The van der Waals surface area contributed by atoms with Crippen LogP contribution in [0.5, 0.6) is 0 Å². The number of ether oxygens (including phenoxy) is 1. The van der Waals surface area contributed by atoms with Gasteiger partial charge in [0.25, 0.3) is 0 Å². The second-order valence-electron chi connectivity index (χ2n) is 8.36. The topological polar surface area (TPSA) is 61.9 Å². The van der Waals surface area contributed by atoms with Crippen molar-refractivity contribution < 1.29 is 14.3 Å². The number of benzene rings is 1. The van der Waals surface area contributed by atoms with Crippen LogP contribution in [0.1, 0.15) is 44.1 Å². The van der Waals surface area contributed by atoms with E-state index in [1.54, 1.807) is 0 Å². The van der Waals surface area contributed by atoms with Crippen molar-refractivity contribution in [2.24, 2.45) is 0 Å². The molecule has 2 heterocycles. The number of likely N-dealkylation sites (tertiary alicyclic amines) is 1. The maximum atomic E-state index is 12.4. The summed E-state index contributed by atoms with van der Waals surface area (Å²) < 4.78 is 5.83. The number of nitrogens with one attached hydrogen (secondary N) is 1. The quantitative estimate of drug-likeness (QED) is 0.834. The Kier molecular flexibility index (Phi) is 5.08. The van der Waals surface area contributed by atoms with Crippen LogP contribution >= 0.6 is 0 Å². The van der Waals surface area contributed by atoms with Gasteiger partial charge in [-0.2, -0.15) is 0 Å². The molecule has 4 rings (SSSR count). The zero-order chi connectivity index (χ0) is 18.9. The lowest BCUT2D eigenvalue weighted by Gasteiger charge is -2.37. The van der Waals surface area contributed by atoms with Crippen molar-refractivity contribution in [1.29, 1.82) is 0 Å². The molecule has 2 amide bonds. The smallest absolute Gasteiger partial charge is 0.410 e. The highest BCUT2D eigenvalue weighted by Gasteiger charge is 2.47. The standard InChI is InChI=1S/C21H29N3O3/c1-16(17-5-3-2-4-6-17)13-24-15-21(27-20(24)26)9-11-23(12-10-21)14-19(25)22-18-7-8-18/h2-6,16,18H,7-15H2,1H3,(H,22,25). The lowest BCUT2D eigenvalue weighted by atomic mass is 9.91. The Hall–Kier alpha value is -2.08. The fourth-order valence-corrected chi connectivity index (χ4v) is 4.13. The molecule has 6 heteroatoms. The molecule has 1 saturated carbocycles. The first-order valence-electron chi connectivity index (χ1n) is 10.1. The average molecular weight is 371 g/mol. The number of hydrogen-bond acceptors (Lipinski definition) is 4. The van der Waals surface area contributed by atoms with Crippen LogP contribution in [0.2, 0.25) is 0 Å². The molecule has 2 saturated heterocycles. The molecule has 0 aromatic heterocycles. The van der Waals surface area contributed by atoms with E-state index in [9.17, 15) is 9.59 Å². The first kappa shape index (κ1) is 18.3. The maximum Gasteiger partial charge on any atom is 0.410 e. The molecule has 1 unspecified atom stereocenters. The van der Waals surface area contributed by atoms with Gasteiger partial charge in [-0.3, -0.25) is 9.69 Å². The number of carbonyl (C=O) groups excluding carboxylic acids is 2. The van der Waals surface area contributed by atoms with E-state index in [0.29, 0.717) is 25.7 Å². The first-order chi connectivity index (χ1) is 13.0. The maximum absolute atomic E-state index is 12.4. The van der Waals surface area contributed by atoms with E-state index in [1.165, 1.54) is 5.56 Å². The molecular weight excluding hydrogens is 342 g/mol. The van der Waals surface area contributed by atoms with Crippen molar-refractivity contribution in [2.75, 3.05) is 32.7 Å². The third-order valence-corrected chi connectivity index (χ3v) is 5.98. The summed E-state index contributed by atoms with van der Waals surface area (Å²) in [6.07, 6.45) is 3.62. The zero-order valence-electron chi connectivity index (χ0n) is 16.0. The summed E-state index contributed by atoms with van der Waals surface area (Å²) >= 11 is 0. The number of hydrogen-bond donors (Lipinski definition) is 1. The van der Waals surface area contributed by atoms with Crippen LogP contribution < -0.4 is 5.32 Å². The number of amides is 2. The largest absolute Gasteiger partial charge is 0.441 e. The molecule has 1 aromatic rings. The Morgan fingerprint density at radius 3 is 2.63 bits per heavy atom. The summed E-state index contributed by atoms with van der Waals surface area (Å²) in [6, 6.07) is 10.7. The van der Waals surface area contributed by atoms with Gasteiger partial charge in [0.15, 0.2) is 0 Å². The fourth-order valence-electron chi connectivity index (χ4n) is 4.13. The van der Waals surface area contributed by atoms with Gasteiger partial charge in [-0.1, -0.05) is 37.3 Å². The first-order valence-corrected chi connectivity index (χ1v) is 10.1. The number of nitrogens with zero attached hydrogens (tertiary/aromatic N) is 2. The zero-order valence-corrected chi connectivity index (χ0v) is 16.0. The molecule has 1 atom stereocenters. The monoisotopic (exact) mass is 371 g/mol. The van der Waals surface area contributed by atoms with Crippen molar-refractivity contribution in [3.63, 3.8) is 0 Å². The summed E-state index contributed by atoms with van der Waals surface area (Å²) in [5.74, 6) is 0.398. The van der Waals surface area contributed by atoms with Crippen molar-refractivity contribution in [1.82, 2.24) is 15.1 Å². The van der Waals surface area contributed by atoms with Gasteiger partial charge in [-0.25, -0.2) is 4.79 Å². The molecule has 1 aliphatic carbocycles. The van der Waals surface area contributed by atoms with Gasteiger partial charge < -0.3 is 15.0 Å². The van der Waals surface area contributed by atoms with Crippen molar-refractivity contribution >= 4 is 12.0 Å². The van der Waals surface area contributed by atoms with E-state index >= 15 is 0 Å². The summed E-state index contributed by atoms with van der Waals surface area (Å²) in [6.45, 7) is 5.54.